The van der Waals surface area contributed by atoms with Crippen LogP contribution in [0.4, 0.5) is 17.2 Å². The average molecular weight is 271 g/mol. The predicted molar refractivity (Wildman–Crippen MR) is 79.2 cm³/mol. The number of methoxy groups -OCH3 is 1. The second-order valence-corrected chi connectivity index (χ2v) is 4.48. The Balaban J connectivity index is 2.52. The maximum Gasteiger partial charge on any atom is 0.341 e. The predicted octanol–water partition coefficient (Wildman–Crippen LogP) is 2.53. The van der Waals surface area contributed by atoms with Gasteiger partial charge in [0.05, 0.1) is 19.0 Å². The number of nitrogens with two attached hydrogens (primary N) is 1. The molecule has 0 spiro atoms. The molecule has 5 heteroatoms. The maximum atomic E-state index is 11.9. The molecule has 0 unspecified atom stereocenters. The Morgan fingerprint density at radius 2 is 2.05 bits per heavy atom. The second kappa shape index (κ2) is 5.61. The lowest BCUT2D eigenvalue weighted by atomic mass is 10.1. The number of para-hydroxylation sites is 1. The summed E-state index contributed by atoms with van der Waals surface area (Å²) in [6, 6.07) is 9.44. The third kappa shape index (κ3) is 2.56. The molecule has 0 atom stereocenters. The quantitative estimate of drug-likeness (QED) is 0.869. The minimum atomic E-state index is -0.458. The van der Waals surface area contributed by atoms with Crippen molar-refractivity contribution < 1.29 is 9.53 Å². The van der Waals surface area contributed by atoms with Gasteiger partial charge in [-0.15, -0.1) is 0 Å². The molecule has 0 saturated heterocycles. The molecule has 5 nitrogen and oxygen atoms in total. The highest BCUT2D eigenvalue weighted by Crippen LogP contribution is 2.28. The molecular formula is C15H17N3O2. The molecule has 2 aromatic rings. The molecule has 0 aliphatic heterocycles. The summed E-state index contributed by atoms with van der Waals surface area (Å²) in [6.45, 7) is 2.00. The molecule has 0 fully saturated rings. The summed E-state index contributed by atoms with van der Waals surface area (Å²) in [5.74, 6) is 0.0561. The largest absolute Gasteiger partial charge is 0.465 e. The molecule has 1 heterocycles. The van der Waals surface area contributed by atoms with Gasteiger partial charge in [-0.1, -0.05) is 18.2 Å². The highest BCUT2D eigenvalue weighted by atomic mass is 16.5. The first-order valence-corrected chi connectivity index (χ1v) is 6.17. The monoisotopic (exact) mass is 271 g/mol. The molecule has 2 N–H and O–H groups in total. The number of anilines is 3. The maximum absolute atomic E-state index is 11.9. The summed E-state index contributed by atoms with van der Waals surface area (Å²) in [4.78, 5) is 18.0. The Kier molecular flexibility index (Phi) is 3.89. The fourth-order valence-electron chi connectivity index (χ4n) is 2.06. The van der Waals surface area contributed by atoms with Crippen molar-refractivity contribution in [1.82, 2.24) is 4.98 Å². The zero-order valence-corrected chi connectivity index (χ0v) is 11.8. The molecule has 2 rings (SSSR count). The molecule has 0 amide bonds. The van der Waals surface area contributed by atoms with Crippen LogP contribution in [0.1, 0.15) is 15.9 Å². The van der Waals surface area contributed by atoms with Crippen LogP contribution in [0, 0.1) is 6.92 Å². The van der Waals surface area contributed by atoms with Crippen molar-refractivity contribution in [3.63, 3.8) is 0 Å². The molecular weight excluding hydrogens is 254 g/mol. The number of ether oxygens (including phenoxy) is 1. The van der Waals surface area contributed by atoms with E-state index in [1.54, 1.807) is 6.07 Å². The first-order chi connectivity index (χ1) is 9.54. The van der Waals surface area contributed by atoms with Crippen molar-refractivity contribution in [3.8, 4) is 0 Å². The number of aromatic nitrogens is 1. The minimum absolute atomic E-state index is 0.346. The van der Waals surface area contributed by atoms with E-state index in [-0.39, 0.29) is 0 Å². The van der Waals surface area contributed by atoms with Crippen LogP contribution in [0.2, 0.25) is 0 Å². The Morgan fingerprint density at radius 1 is 1.35 bits per heavy atom. The molecule has 104 valence electrons. The van der Waals surface area contributed by atoms with E-state index < -0.39 is 5.97 Å². The Hall–Kier alpha value is -2.56. The van der Waals surface area contributed by atoms with E-state index in [0.717, 1.165) is 11.3 Å². The third-order valence-electron chi connectivity index (χ3n) is 3.09. The van der Waals surface area contributed by atoms with Crippen LogP contribution in [-0.4, -0.2) is 25.1 Å². The number of hydrogen-bond donors (Lipinski definition) is 1. The summed E-state index contributed by atoms with van der Waals surface area (Å²) in [5.41, 5.74) is 8.52. The van der Waals surface area contributed by atoms with Gasteiger partial charge in [0, 0.05) is 12.7 Å². The number of nitrogen functional groups attached to an aromatic ring is 1. The van der Waals surface area contributed by atoms with Gasteiger partial charge in [-0.2, -0.15) is 0 Å². The van der Waals surface area contributed by atoms with Gasteiger partial charge in [-0.05, 0) is 24.6 Å². The molecule has 0 saturated carbocycles. The molecule has 0 aliphatic carbocycles. The fourth-order valence-corrected chi connectivity index (χ4v) is 2.06. The average Bonchev–Trinajstić information content (AvgIpc) is 2.46. The van der Waals surface area contributed by atoms with Gasteiger partial charge in [-0.3, -0.25) is 0 Å². The van der Waals surface area contributed by atoms with Crippen LogP contribution in [0.15, 0.2) is 36.5 Å². The molecule has 0 aliphatic rings. The van der Waals surface area contributed by atoms with Crippen LogP contribution in [0.5, 0.6) is 0 Å². The number of benzene rings is 1. The third-order valence-corrected chi connectivity index (χ3v) is 3.09. The SMILES string of the molecule is COC(=O)c1cc(N)cnc1N(C)c1ccccc1C. The fraction of sp³-hybridized carbons (Fsp3) is 0.200. The van der Waals surface area contributed by atoms with E-state index in [4.69, 9.17) is 10.5 Å². The van der Waals surface area contributed by atoms with E-state index in [1.807, 2.05) is 43.1 Å². The zero-order chi connectivity index (χ0) is 14.7. The molecule has 1 aromatic carbocycles. The summed E-state index contributed by atoms with van der Waals surface area (Å²) in [5, 5.41) is 0. The van der Waals surface area contributed by atoms with E-state index in [2.05, 4.69) is 4.98 Å². The van der Waals surface area contributed by atoms with Gasteiger partial charge in [0.2, 0.25) is 0 Å². The number of carbonyl (C=O) groups is 1. The van der Waals surface area contributed by atoms with Crippen LogP contribution in [0.25, 0.3) is 0 Å². The number of hydrogen-bond acceptors (Lipinski definition) is 5. The lowest BCUT2D eigenvalue weighted by Gasteiger charge is -2.22. The van der Waals surface area contributed by atoms with Gasteiger partial charge < -0.3 is 15.4 Å². The van der Waals surface area contributed by atoms with Crippen LogP contribution >= 0.6 is 0 Å². The zero-order valence-electron chi connectivity index (χ0n) is 11.8. The molecule has 0 bridgehead atoms. The van der Waals surface area contributed by atoms with Crippen molar-refractivity contribution in [3.05, 3.63) is 47.7 Å². The normalized spacial score (nSPS) is 10.2. The highest BCUT2D eigenvalue weighted by molar-refractivity contribution is 5.96. The van der Waals surface area contributed by atoms with Crippen LogP contribution < -0.4 is 10.6 Å². The Morgan fingerprint density at radius 3 is 2.70 bits per heavy atom. The van der Waals surface area contributed by atoms with Crippen LogP contribution in [0.3, 0.4) is 0 Å². The lowest BCUT2D eigenvalue weighted by molar-refractivity contribution is 0.0601. The van der Waals surface area contributed by atoms with E-state index in [1.165, 1.54) is 13.3 Å². The summed E-state index contributed by atoms with van der Waals surface area (Å²) >= 11 is 0. The van der Waals surface area contributed by atoms with Crippen molar-refractivity contribution in [1.29, 1.82) is 0 Å². The first kappa shape index (κ1) is 13.9. The van der Waals surface area contributed by atoms with Crippen molar-refractivity contribution >= 4 is 23.2 Å². The second-order valence-electron chi connectivity index (χ2n) is 4.48. The highest BCUT2D eigenvalue weighted by Gasteiger charge is 2.18. The Bertz CT molecular complexity index is 641. The Labute approximate surface area is 118 Å². The smallest absolute Gasteiger partial charge is 0.341 e. The summed E-state index contributed by atoms with van der Waals surface area (Å²) in [7, 11) is 3.19. The number of carbonyl (C=O) groups excluding carboxylic acids is 1. The van der Waals surface area contributed by atoms with E-state index in [9.17, 15) is 4.79 Å². The van der Waals surface area contributed by atoms with Crippen LogP contribution in [-0.2, 0) is 4.74 Å². The van der Waals surface area contributed by atoms with E-state index in [0.29, 0.717) is 17.1 Å². The number of esters is 1. The number of aryl methyl sites for hydroxylation is 1. The van der Waals surface area contributed by atoms with Crippen molar-refractivity contribution in [2.45, 2.75) is 6.92 Å². The first-order valence-electron chi connectivity index (χ1n) is 6.17. The van der Waals surface area contributed by atoms with Crippen molar-refractivity contribution in [2.75, 3.05) is 24.8 Å². The van der Waals surface area contributed by atoms with Crippen molar-refractivity contribution in [2.24, 2.45) is 0 Å². The number of rotatable bonds is 3. The number of pyridine rings is 1. The molecule has 0 radical (unpaired) electrons. The summed E-state index contributed by atoms with van der Waals surface area (Å²) < 4.78 is 4.79. The van der Waals surface area contributed by atoms with Gasteiger partial charge in [0.1, 0.15) is 11.4 Å². The standard InChI is InChI=1S/C15H17N3O2/c1-10-6-4-5-7-13(10)18(2)14-12(15(19)20-3)8-11(16)9-17-14/h4-9H,16H2,1-3H3. The van der Waals surface area contributed by atoms with E-state index >= 15 is 0 Å². The summed E-state index contributed by atoms with van der Waals surface area (Å²) in [6.07, 6.45) is 1.52. The topological polar surface area (TPSA) is 68.5 Å². The van der Waals surface area contributed by atoms with Gasteiger partial charge in [0.25, 0.3) is 0 Å². The van der Waals surface area contributed by atoms with Gasteiger partial charge in [0.15, 0.2) is 0 Å². The molecule has 20 heavy (non-hydrogen) atoms. The molecule has 1 aromatic heterocycles. The van der Waals surface area contributed by atoms with Gasteiger partial charge >= 0.3 is 5.97 Å². The number of nitrogens with zero attached hydrogens (tertiary/aromatic N) is 2. The van der Waals surface area contributed by atoms with Gasteiger partial charge in [-0.25, -0.2) is 9.78 Å². The minimum Gasteiger partial charge on any atom is -0.465 e. The lowest BCUT2D eigenvalue weighted by Crippen LogP contribution is -2.17.